The molecule has 0 spiro atoms. The van der Waals surface area contributed by atoms with Gasteiger partial charge in [0.25, 0.3) is 11.8 Å². The van der Waals surface area contributed by atoms with Crippen LogP contribution >= 0.6 is 0 Å². The van der Waals surface area contributed by atoms with E-state index < -0.39 is 23.6 Å². The summed E-state index contributed by atoms with van der Waals surface area (Å²) in [4.78, 5) is 50.7. The zero-order valence-corrected chi connectivity index (χ0v) is 14.8. The van der Waals surface area contributed by atoms with Gasteiger partial charge in [-0.15, -0.1) is 0 Å². The number of aliphatic hydroxyl groups excluding tert-OH is 1. The minimum absolute atomic E-state index is 0.125. The monoisotopic (exact) mass is 371 g/mol. The fraction of sp³-hybridized carbons (Fsp3) is 0.474. The molecule has 0 bridgehead atoms. The SMILES string of the molecule is O=C1CCC(c2c(N3CCC(CCO)C3)ccc3c2C(=O)NC3=O)C(=O)N1. The Kier molecular flexibility index (Phi) is 4.43. The molecule has 2 atom stereocenters. The molecule has 0 aromatic heterocycles. The van der Waals surface area contributed by atoms with Crippen LogP contribution in [0.2, 0.25) is 0 Å². The third kappa shape index (κ3) is 2.99. The molecule has 8 nitrogen and oxygen atoms in total. The maximum Gasteiger partial charge on any atom is 0.259 e. The van der Waals surface area contributed by atoms with Crippen LogP contribution in [-0.2, 0) is 9.59 Å². The Labute approximate surface area is 155 Å². The molecule has 3 aliphatic heterocycles. The zero-order chi connectivity index (χ0) is 19.1. The molecular weight excluding hydrogens is 350 g/mol. The Hall–Kier alpha value is -2.74. The third-order valence-corrected chi connectivity index (χ3v) is 5.67. The van der Waals surface area contributed by atoms with Crippen molar-refractivity contribution >= 4 is 29.3 Å². The summed E-state index contributed by atoms with van der Waals surface area (Å²) in [6.45, 7) is 1.59. The summed E-state index contributed by atoms with van der Waals surface area (Å²) in [7, 11) is 0. The standard InChI is InChI=1S/C19H21N3O5/c23-8-6-10-5-7-22(9-10)13-3-1-12-16(19(27)21-18(12)26)15(13)11-2-4-14(24)20-17(11)25/h1,3,10-11,23H,2,4-9H2,(H,20,24,25)(H,21,26,27). The summed E-state index contributed by atoms with van der Waals surface area (Å²) in [6.07, 6.45) is 2.12. The number of amides is 4. The Morgan fingerprint density at radius 2 is 1.89 bits per heavy atom. The second kappa shape index (κ2) is 6.77. The second-order valence-corrected chi connectivity index (χ2v) is 7.32. The van der Waals surface area contributed by atoms with Crippen molar-refractivity contribution in [3.63, 3.8) is 0 Å². The topological polar surface area (TPSA) is 116 Å². The summed E-state index contributed by atoms with van der Waals surface area (Å²) in [5.41, 5.74) is 1.81. The Morgan fingerprint density at radius 3 is 2.63 bits per heavy atom. The highest BCUT2D eigenvalue weighted by Gasteiger charge is 2.39. The van der Waals surface area contributed by atoms with Gasteiger partial charge in [0.1, 0.15) is 0 Å². The number of anilines is 1. The molecule has 1 aromatic carbocycles. The number of nitrogens with zero attached hydrogens (tertiary/aromatic N) is 1. The molecule has 0 aliphatic carbocycles. The van der Waals surface area contributed by atoms with Crippen LogP contribution in [0.1, 0.15) is 57.9 Å². The number of hydrogen-bond acceptors (Lipinski definition) is 6. The summed E-state index contributed by atoms with van der Waals surface area (Å²) in [6, 6.07) is 3.41. The molecule has 4 rings (SSSR count). The average molecular weight is 371 g/mol. The molecule has 2 saturated heterocycles. The van der Waals surface area contributed by atoms with E-state index in [1.54, 1.807) is 12.1 Å². The Bertz CT molecular complexity index is 850. The lowest BCUT2D eigenvalue weighted by molar-refractivity contribution is -0.134. The molecule has 3 heterocycles. The van der Waals surface area contributed by atoms with Crippen LogP contribution in [0, 0.1) is 5.92 Å². The van der Waals surface area contributed by atoms with Crippen LogP contribution in [0.5, 0.6) is 0 Å². The van der Waals surface area contributed by atoms with Gasteiger partial charge in [0.05, 0.1) is 17.0 Å². The molecule has 142 valence electrons. The number of benzene rings is 1. The lowest BCUT2D eigenvalue weighted by Gasteiger charge is -2.29. The van der Waals surface area contributed by atoms with Crippen molar-refractivity contribution in [2.45, 2.75) is 31.6 Å². The van der Waals surface area contributed by atoms with Gasteiger partial charge in [-0.05, 0) is 37.3 Å². The van der Waals surface area contributed by atoms with E-state index in [-0.39, 0.29) is 30.1 Å². The van der Waals surface area contributed by atoms with Crippen LogP contribution in [0.25, 0.3) is 0 Å². The van der Waals surface area contributed by atoms with Gasteiger partial charge in [0, 0.05) is 37.4 Å². The molecule has 0 saturated carbocycles. The maximum absolute atomic E-state index is 12.5. The summed E-state index contributed by atoms with van der Waals surface area (Å²) < 4.78 is 0. The summed E-state index contributed by atoms with van der Waals surface area (Å²) in [5, 5.41) is 13.8. The van der Waals surface area contributed by atoms with Crippen LogP contribution in [-0.4, -0.2) is 48.4 Å². The van der Waals surface area contributed by atoms with Gasteiger partial charge in [-0.2, -0.15) is 0 Å². The van der Waals surface area contributed by atoms with E-state index in [0.29, 0.717) is 24.3 Å². The van der Waals surface area contributed by atoms with E-state index in [1.165, 1.54) is 0 Å². The summed E-state index contributed by atoms with van der Waals surface area (Å²) in [5.74, 6) is -2.03. The Balaban J connectivity index is 1.79. The van der Waals surface area contributed by atoms with Crippen molar-refractivity contribution in [3.8, 4) is 0 Å². The fourth-order valence-corrected chi connectivity index (χ4v) is 4.34. The molecule has 2 fully saturated rings. The third-order valence-electron chi connectivity index (χ3n) is 5.67. The van der Waals surface area contributed by atoms with E-state index in [2.05, 4.69) is 15.5 Å². The van der Waals surface area contributed by atoms with E-state index in [9.17, 15) is 24.3 Å². The van der Waals surface area contributed by atoms with Crippen molar-refractivity contribution in [1.82, 2.24) is 10.6 Å². The highest BCUT2D eigenvalue weighted by molar-refractivity contribution is 6.23. The van der Waals surface area contributed by atoms with Crippen molar-refractivity contribution in [3.05, 3.63) is 28.8 Å². The number of rotatable bonds is 4. The van der Waals surface area contributed by atoms with Gasteiger partial charge in [-0.1, -0.05) is 0 Å². The Morgan fingerprint density at radius 1 is 1.07 bits per heavy atom. The fourth-order valence-electron chi connectivity index (χ4n) is 4.34. The van der Waals surface area contributed by atoms with E-state index in [4.69, 9.17) is 0 Å². The molecule has 0 radical (unpaired) electrons. The van der Waals surface area contributed by atoms with Crippen LogP contribution in [0.4, 0.5) is 5.69 Å². The molecule has 4 amide bonds. The molecule has 1 aromatic rings. The molecule has 3 aliphatic rings. The maximum atomic E-state index is 12.5. The average Bonchev–Trinajstić information content (AvgIpc) is 3.20. The second-order valence-electron chi connectivity index (χ2n) is 7.32. The first-order chi connectivity index (χ1) is 13.0. The number of aliphatic hydroxyl groups is 1. The largest absolute Gasteiger partial charge is 0.396 e. The van der Waals surface area contributed by atoms with E-state index in [1.807, 2.05) is 0 Å². The molecule has 8 heteroatoms. The number of nitrogens with one attached hydrogen (secondary N) is 2. The van der Waals surface area contributed by atoms with Crippen molar-refractivity contribution < 1.29 is 24.3 Å². The molecule has 2 unspecified atom stereocenters. The zero-order valence-electron chi connectivity index (χ0n) is 14.8. The predicted octanol–water partition coefficient (Wildman–Crippen LogP) is 0.299. The lowest BCUT2D eigenvalue weighted by Crippen LogP contribution is -2.40. The number of carbonyl (C=O) groups is 4. The van der Waals surface area contributed by atoms with Crippen molar-refractivity contribution in [1.29, 1.82) is 0 Å². The summed E-state index contributed by atoms with van der Waals surface area (Å²) >= 11 is 0. The lowest BCUT2D eigenvalue weighted by atomic mass is 9.84. The quantitative estimate of drug-likeness (QED) is 0.656. The smallest absolute Gasteiger partial charge is 0.259 e. The van der Waals surface area contributed by atoms with Gasteiger partial charge in [-0.25, -0.2) is 0 Å². The van der Waals surface area contributed by atoms with Gasteiger partial charge in [-0.3, -0.25) is 29.8 Å². The minimum atomic E-state index is -0.652. The number of piperidine rings is 1. The van der Waals surface area contributed by atoms with Crippen molar-refractivity contribution in [2.75, 3.05) is 24.6 Å². The van der Waals surface area contributed by atoms with Crippen LogP contribution in [0.3, 0.4) is 0 Å². The number of hydrogen-bond donors (Lipinski definition) is 3. The number of imide groups is 2. The van der Waals surface area contributed by atoms with Gasteiger partial charge >= 0.3 is 0 Å². The van der Waals surface area contributed by atoms with Crippen LogP contribution < -0.4 is 15.5 Å². The first kappa shape index (κ1) is 17.7. The first-order valence-electron chi connectivity index (χ1n) is 9.21. The van der Waals surface area contributed by atoms with Crippen LogP contribution in [0.15, 0.2) is 12.1 Å². The van der Waals surface area contributed by atoms with Gasteiger partial charge < -0.3 is 10.0 Å². The highest BCUT2D eigenvalue weighted by Crippen LogP contribution is 2.40. The normalized spacial score (nSPS) is 24.9. The minimum Gasteiger partial charge on any atom is -0.396 e. The molecular formula is C19H21N3O5. The van der Waals surface area contributed by atoms with E-state index >= 15 is 0 Å². The molecule has 27 heavy (non-hydrogen) atoms. The van der Waals surface area contributed by atoms with Gasteiger partial charge in [0.2, 0.25) is 11.8 Å². The first-order valence-corrected chi connectivity index (χ1v) is 9.21. The highest BCUT2D eigenvalue weighted by atomic mass is 16.3. The number of carbonyl (C=O) groups excluding carboxylic acids is 4. The van der Waals surface area contributed by atoms with Gasteiger partial charge in [0.15, 0.2) is 0 Å². The molecule has 3 N–H and O–H groups in total. The van der Waals surface area contributed by atoms with Crippen molar-refractivity contribution in [2.24, 2.45) is 5.92 Å². The van der Waals surface area contributed by atoms with E-state index in [0.717, 1.165) is 25.2 Å². The number of fused-ring (bicyclic) bond motifs is 1. The predicted molar refractivity (Wildman–Crippen MR) is 95.4 cm³/mol.